The predicted octanol–water partition coefficient (Wildman–Crippen LogP) is 4.33. The molecule has 2 aromatic heterocycles. The van der Waals surface area contributed by atoms with Crippen molar-refractivity contribution in [2.45, 2.75) is 12.6 Å². The van der Waals surface area contributed by atoms with Gasteiger partial charge in [-0.25, -0.2) is 4.98 Å². The lowest BCUT2D eigenvalue weighted by Crippen LogP contribution is -2.12. The first-order valence-electron chi connectivity index (χ1n) is 6.12. The molecule has 0 aliphatic carbocycles. The van der Waals surface area contributed by atoms with Crippen LogP contribution in [-0.4, -0.2) is 16.1 Å². The van der Waals surface area contributed by atoms with Gasteiger partial charge < -0.3 is 4.98 Å². The van der Waals surface area contributed by atoms with Crippen molar-refractivity contribution in [3.05, 3.63) is 54.4 Å². The summed E-state index contributed by atoms with van der Waals surface area (Å²) in [5, 5.41) is 0.821. The monoisotopic (exact) mass is 276 g/mol. The van der Waals surface area contributed by atoms with Crippen LogP contribution in [-0.2, 0) is 6.42 Å². The van der Waals surface area contributed by atoms with Gasteiger partial charge in [0.15, 0.2) is 0 Å². The van der Waals surface area contributed by atoms with E-state index >= 15 is 0 Å². The minimum atomic E-state index is -4.22. The van der Waals surface area contributed by atoms with E-state index in [1.807, 2.05) is 6.07 Å². The molecule has 0 fully saturated rings. The number of H-pyrrole nitrogens is 1. The molecule has 0 radical (unpaired) electrons. The molecule has 0 saturated carbocycles. The fraction of sp³-hybridized carbons (Fsp3) is 0.133. The van der Waals surface area contributed by atoms with E-state index in [2.05, 4.69) is 9.97 Å². The number of fused-ring (bicyclic) bond motifs is 1. The second kappa shape index (κ2) is 4.67. The molecule has 3 rings (SSSR count). The van der Waals surface area contributed by atoms with Gasteiger partial charge in [-0.15, -0.1) is 0 Å². The molecule has 1 N–H and O–H groups in total. The van der Waals surface area contributed by atoms with Crippen LogP contribution < -0.4 is 0 Å². The molecule has 0 saturated heterocycles. The van der Waals surface area contributed by atoms with Crippen LogP contribution in [0.15, 0.2) is 48.8 Å². The number of pyridine rings is 1. The summed E-state index contributed by atoms with van der Waals surface area (Å²) in [5.41, 5.74) is 2.27. The Labute approximate surface area is 113 Å². The van der Waals surface area contributed by atoms with Gasteiger partial charge in [-0.05, 0) is 23.3 Å². The van der Waals surface area contributed by atoms with Crippen molar-refractivity contribution in [2.24, 2.45) is 0 Å². The summed E-state index contributed by atoms with van der Waals surface area (Å²) in [6.45, 7) is 0. The maximum atomic E-state index is 12.7. The fourth-order valence-electron chi connectivity index (χ4n) is 2.33. The summed E-state index contributed by atoms with van der Waals surface area (Å²) in [6, 6.07) is 10.2. The highest BCUT2D eigenvalue weighted by atomic mass is 19.4. The summed E-state index contributed by atoms with van der Waals surface area (Å²) in [6.07, 6.45) is -1.81. The van der Waals surface area contributed by atoms with Gasteiger partial charge in [-0.2, -0.15) is 13.2 Å². The Bertz CT molecular complexity index is 744. The van der Waals surface area contributed by atoms with Crippen molar-refractivity contribution >= 4 is 11.0 Å². The molecule has 2 nitrogen and oxygen atoms in total. The average Bonchev–Trinajstić information content (AvgIpc) is 2.81. The number of aromatic nitrogens is 2. The minimum Gasteiger partial charge on any atom is -0.346 e. The highest BCUT2D eigenvalue weighted by Gasteiger charge is 2.29. The molecule has 0 unspecified atom stereocenters. The van der Waals surface area contributed by atoms with Crippen molar-refractivity contribution in [3.8, 4) is 11.1 Å². The Hall–Kier alpha value is -2.30. The van der Waals surface area contributed by atoms with E-state index in [0.29, 0.717) is 11.2 Å². The maximum absolute atomic E-state index is 12.7. The van der Waals surface area contributed by atoms with Crippen LogP contribution in [0, 0.1) is 0 Å². The van der Waals surface area contributed by atoms with E-state index in [4.69, 9.17) is 0 Å². The molecular formula is C15H11F3N2. The number of hydrogen-bond donors (Lipinski definition) is 1. The quantitative estimate of drug-likeness (QED) is 0.741. The number of aromatic amines is 1. The summed E-state index contributed by atoms with van der Waals surface area (Å²) < 4.78 is 38.0. The van der Waals surface area contributed by atoms with E-state index < -0.39 is 12.6 Å². The average molecular weight is 276 g/mol. The standard InChI is InChI=1S/C15H11F3N2/c16-15(17,18)8-10-4-1-2-5-11(10)13-9-20-14-12(13)6-3-7-19-14/h1-7,9H,8H2,(H,19,20). The number of nitrogens with zero attached hydrogens (tertiary/aromatic N) is 1. The van der Waals surface area contributed by atoms with Crippen LogP contribution in [0.5, 0.6) is 0 Å². The second-order valence-electron chi connectivity index (χ2n) is 4.55. The largest absolute Gasteiger partial charge is 0.393 e. The first-order chi connectivity index (χ1) is 9.54. The Morgan fingerprint density at radius 1 is 1.00 bits per heavy atom. The number of alkyl halides is 3. The van der Waals surface area contributed by atoms with Crippen molar-refractivity contribution in [3.63, 3.8) is 0 Å². The van der Waals surface area contributed by atoms with Crippen molar-refractivity contribution in [1.29, 1.82) is 0 Å². The van der Waals surface area contributed by atoms with Crippen LogP contribution >= 0.6 is 0 Å². The molecular weight excluding hydrogens is 265 g/mol. The van der Waals surface area contributed by atoms with Gasteiger partial charge in [-0.1, -0.05) is 24.3 Å². The molecule has 2 heterocycles. The second-order valence-corrected chi connectivity index (χ2v) is 4.55. The molecule has 0 bridgehead atoms. The first-order valence-corrected chi connectivity index (χ1v) is 6.12. The van der Waals surface area contributed by atoms with Gasteiger partial charge in [0.25, 0.3) is 0 Å². The lowest BCUT2D eigenvalue weighted by atomic mass is 9.98. The first kappa shape index (κ1) is 12.7. The van der Waals surface area contributed by atoms with Gasteiger partial charge >= 0.3 is 6.18 Å². The van der Waals surface area contributed by atoms with Crippen LogP contribution in [0.25, 0.3) is 22.2 Å². The van der Waals surface area contributed by atoms with Gasteiger partial charge in [0.2, 0.25) is 0 Å². The number of nitrogens with one attached hydrogen (secondary N) is 1. The third-order valence-corrected chi connectivity index (χ3v) is 3.15. The topological polar surface area (TPSA) is 28.7 Å². The van der Waals surface area contributed by atoms with E-state index in [1.54, 1.807) is 36.7 Å². The van der Waals surface area contributed by atoms with Crippen molar-refractivity contribution in [1.82, 2.24) is 9.97 Å². The SMILES string of the molecule is FC(F)(F)Cc1ccccc1-c1c[nH]c2ncccc12. The normalized spacial score (nSPS) is 11.9. The van der Waals surface area contributed by atoms with E-state index in [0.717, 1.165) is 10.9 Å². The number of benzene rings is 1. The predicted molar refractivity (Wildman–Crippen MR) is 71.3 cm³/mol. The Kier molecular flexibility index (Phi) is 2.97. The molecule has 0 aliphatic rings. The van der Waals surface area contributed by atoms with Gasteiger partial charge in [0.05, 0.1) is 6.42 Å². The zero-order valence-electron chi connectivity index (χ0n) is 10.4. The summed E-state index contributed by atoms with van der Waals surface area (Å²) >= 11 is 0. The summed E-state index contributed by atoms with van der Waals surface area (Å²) in [7, 11) is 0. The highest BCUT2D eigenvalue weighted by molar-refractivity contribution is 5.94. The maximum Gasteiger partial charge on any atom is 0.393 e. The van der Waals surface area contributed by atoms with Gasteiger partial charge in [-0.3, -0.25) is 0 Å². The molecule has 0 spiro atoms. The third-order valence-electron chi connectivity index (χ3n) is 3.15. The van der Waals surface area contributed by atoms with Crippen LogP contribution in [0.1, 0.15) is 5.56 Å². The van der Waals surface area contributed by atoms with Gasteiger partial charge in [0, 0.05) is 23.3 Å². The summed E-state index contributed by atoms with van der Waals surface area (Å²) in [5.74, 6) is 0. The van der Waals surface area contributed by atoms with Gasteiger partial charge in [0.1, 0.15) is 5.65 Å². The van der Waals surface area contributed by atoms with E-state index in [1.165, 1.54) is 6.07 Å². The van der Waals surface area contributed by atoms with Crippen molar-refractivity contribution < 1.29 is 13.2 Å². The lowest BCUT2D eigenvalue weighted by molar-refractivity contribution is -0.127. The zero-order valence-corrected chi connectivity index (χ0v) is 10.4. The van der Waals surface area contributed by atoms with E-state index in [9.17, 15) is 13.2 Å². The molecule has 20 heavy (non-hydrogen) atoms. The fourth-order valence-corrected chi connectivity index (χ4v) is 2.33. The molecule has 0 aliphatic heterocycles. The molecule has 102 valence electrons. The Morgan fingerprint density at radius 2 is 1.80 bits per heavy atom. The third kappa shape index (κ3) is 2.39. The van der Waals surface area contributed by atoms with Crippen LogP contribution in [0.3, 0.4) is 0 Å². The molecule has 0 atom stereocenters. The number of rotatable bonds is 2. The Balaban J connectivity index is 2.15. The summed E-state index contributed by atoms with van der Waals surface area (Å²) in [4.78, 5) is 7.14. The lowest BCUT2D eigenvalue weighted by Gasteiger charge is -2.11. The molecule has 3 aromatic rings. The zero-order chi connectivity index (χ0) is 14.2. The van der Waals surface area contributed by atoms with Crippen LogP contribution in [0.2, 0.25) is 0 Å². The Morgan fingerprint density at radius 3 is 2.60 bits per heavy atom. The van der Waals surface area contributed by atoms with Crippen molar-refractivity contribution in [2.75, 3.05) is 0 Å². The van der Waals surface area contributed by atoms with Crippen LogP contribution in [0.4, 0.5) is 13.2 Å². The number of hydrogen-bond acceptors (Lipinski definition) is 1. The highest BCUT2D eigenvalue weighted by Crippen LogP contribution is 2.33. The van der Waals surface area contributed by atoms with E-state index in [-0.39, 0.29) is 5.56 Å². The minimum absolute atomic E-state index is 0.268. The number of halogens is 3. The molecule has 5 heteroatoms. The molecule has 0 amide bonds. The smallest absolute Gasteiger partial charge is 0.346 e. The molecule has 1 aromatic carbocycles.